The van der Waals surface area contributed by atoms with E-state index in [0.717, 1.165) is 9.85 Å². The lowest BCUT2D eigenvalue weighted by molar-refractivity contribution is 0.133. The number of carbonyl (C=O) groups excluding carboxylic acids is 1. The average molecular weight is 208 g/mol. The molecule has 2 aromatic heterocycles. The molecule has 0 saturated carbocycles. The van der Waals surface area contributed by atoms with Crippen molar-refractivity contribution in [1.29, 1.82) is 0 Å². The molecule has 0 aromatic carbocycles. The Balaban J connectivity index is 2.03. The number of nitrogens with two attached hydrogens (primary N) is 1. The van der Waals surface area contributed by atoms with Crippen LogP contribution in [0.3, 0.4) is 0 Å². The zero-order valence-corrected chi connectivity index (χ0v) is 7.59. The van der Waals surface area contributed by atoms with Gasteiger partial charge in [0.2, 0.25) is 0 Å². The first-order chi connectivity index (χ1) is 7.27. The van der Waals surface area contributed by atoms with Crippen molar-refractivity contribution in [3.05, 3.63) is 37.4 Å². The van der Waals surface area contributed by atoms with Crippen LogP contribution in [0.15, 0.2) is 37.4 Å². The summed E-state index contributed by atoms with van der Waals surface area (Å²) in [6.07, 6.45) is 7.89. The van der Waals surface area contributed by atoms with Gasteiger partial charge in [-0.3, -0.25) is 0 Å². The van der Waals surface area contributed by atoms with Gasteiger partial charge in [-0.15, -0.1) is 5.12 Å². The van der Waals surface area contributed by atoms with E-state index in [1.807, 2.05) is 0 Å². The third-order valence-electron chi connectivity index (χ3n) is 1.59. The Morgan fingerprint density at radius 2 is 2.00 bits per heavy atom. The molecule has 0 aliphatic rings. The summed E-state index contributed by atoms with van der Waals surface area (Å²) in [5, 5.41) is 0.771. The van der Waals surface area contributed by atoms with Crippen LogP contribution in [0.5, 0.6) is 0 Å². The molecule has 8 nitrogen and oxygen atoms in total. The SMILES string of the molecule is NN(C(=O)On1ccnc1)n1ccnc1. The molecule has 0 radical (unpaired) electrons. The summed E-state index contributed by atoms with van der Waals surface area (Å²) in [5.74, 6) is 5.45. The highest BCUT2D eigenvalue weighted by atomic mass is 16.7. The van der Waals surface area contributed by atoms with Crippen LogP contribution >= 0.6 is 0 Å². The van der Waals surface area contributed by atoms with E-state index in [4.69, 9.17) is 10.7 Å². The number of hydrazine groups is 1. The van der Waals surface area contributed by atoms with Gasteiger partial charge in [-0.05, 0) is 0 Å². The fourth-order valence-electron chi connectivity index (χ4n) is 0.907. The van der Waals surface area contributed by atoms with Crippen LogP contribution in [0.25, 0.3) is 0 Å². The lowest BCUT2D eigenvalue weighted by Crippen LogP contribution is -2.49. The number of imidazole rings is 2. The summed E-state index contributed by atoms with van der Waals surface area (Å²) in [5.41, 5.74) is 0. The first kappa shape index (κ1) is 9.21. The predicted octanol–water partition coefficient (Wildman–Crippen LogP) is -0.860. The van der Waals surface area contributed by atoms with Crippen molar-refractivity contribution in [2.24, 2.45) is 5.84 Å². The van der Waals surface area contributed by atoms with Crippen LogP contribution in [0, 0.1) is 0 Å². The number of nitrogens with zero attached hydrogens (tertiary/aromatic N) is 5. The molecule has 2 heterocycles. The average Bonchev–Trinajstić information content (AvgIpc) is 2.88. The van der Waals surface area contributed by atoms with E-state index < -0.39 is 6.09 Å². The Morgan fingerprint density at radius 1 is 1.27 bits per heavy atom. The Morgan fingerprint density at radius 3 is 2.60 bits per heavy atom. The van der Waals surface area contributed by atoms with Crippen LogP contribution in [-0.2, 0) is 0 Å². The Kier molecular flexibility index (Phi) is 2.33. The maximum absolute atomic E-state index is 11.4. The van der Waals surface area contributed by atoms with Crippen molar-refractivity contribution in [3.8, 4) is 0 Å². The Labute approximate surface area is 84.4 Å². The summed E-state index contributed by atoms with van der Waals surface area (Å²) in [4.78, 5) is 23.6. The first-order valence-electron chi connectivity index (χ1n) is 4.00. The van der Waals surface area contributed by atoms with Crippen molar-refractivity contribution in [2.45, 2.75) is 0 Å². The quantitative estimate of drug-likeness (QED) is 0.394. The van der Waals surface area contributed by atoms with Crippen molar-refractivity contribution in [3.63, 3.8) is 0 Å². The van der Waals surface area contributed by atoms with Crippen molar-refractivity contribution in [2.75, 3.05) is 5.12 Å². The molecule has 0 bridgehead atoms. The summed E-state index contributed by atoms with van der Waals surface area (Å²) in [6, 6.07) is 0. The second-order valence-corrected chi connectivity index (χ2v) is 2.57. The fourth-order valence-corrected chi connectivity index (χ4v) is 0.907. The molecule has 0 saturated heterocycles. The molecular weight excluding hydrogens is 200 g/mol. The molecule has 0 spiro atoms. The van der Waals surface area contributed by atoms with E-state index in [9.17, 15) is 4.79 Å². The molecule has 0 aliphatic heterocycles. The van der Waals surface area contributed by atoms with Crippen LogP contribution in [0.2, 0.25) is 0 Å². The van der Waals surface area contributed by atoms with Gasteiger partial charge in [0.15, 0.2) is 0 Å². The second kappa shape index (κ2) is 3.80. The number of aromatic nitrogens is 4. The minimum Gasteiger partial charge on any atom is -0.314 e. The number of rotatable bonds is 2. The van der Waals surface area contributed by atoms with Crippen molar-refractivity contribution < 1.29 is 9.63 Å². The Hall–Kier alpha value is -2.35. The van der Waals surface area contributed by atoms with Gasteiger partial charge in [0, 0.05) is 18.6 Å². The Bertz CT molecular complexity index is 422. The molecule has 0 aliphatic carbocycles. The highest BCUT2D eigenvalue weighted by Crippen LogP contribution is 1.88. The van der Waals surface area contributed by atoms with Gasteiger partial charge >= 0.3 is 6.09 Å². The number of hydrogen-bond donors (Lipinski definition) is 1. The third-order valence-corrected chi connectivity index (χ3v) is 1.59. The molecule has 8 heteroatoms. The zero-order chi connectivity index (χ0) is 10.7. The standard InChI is InChI=1S/C7H8N6O2/c8-13(11-3-1-9-5-11)7(14)15-12-4-2-10-6-12/h1-6H,8H2. The molecule has 0 atom stereocenters. The molecule has 0 fully saturated rings. The first-order valence-corrected chi connectivity index (χ1v) is 4.00. The van der Waals surface area contributed by atoms with E-state index in [0.29, 0.717) is 0 Å². The second-order valence-electron chi connectivity index (χ2n) is 2.57. The van der Waals surface area contributed by atoms with Gasteiger partial charge in [-0.2, -0.15) is 4.73 Å². The van der Waals surface area contributed by atoms with Crippen LogP contribution in [0.1, 0.15) is 0 Å². The highest BCUT2D eigenvalue weighted by molar-refractivity contribution is 5.77. The summed E-state index contributed by atoms with van der Waals surface area (Å²) < 4.78 is 2.42. The topological polar surface area (TPSA) is 91.2 Å². The van der Waals surface area contributed by atoms with Crippen molar-refractivity contribution in [1.82, 2.24) is 19.4 Å². The van der Waals surface area contributed by atoms with Gasteiger partial charge in [-0.25, -0.2) is 25.3 Å². The predicted molar refractivity (Wildman–Crippen MR) is 48.8 cm³/mol. The molecule has 1 amide bonds. The lowest BCUT2D eigenvalue weighted by Gasteiger charge is -2.15. The molecule has 2 N–H and O–H groups in total. The van der Waals surface area contributed by atoms with E-state index >= 15 is 0 Å². The number of amides is 1. The highest BCUT2D eigenvalue weighted by Gasteiger charge is 2.13. The molecule has 78 valence electrons. The normalized spacial score (nSPS) is 9.93. The van der Waals surface area contributed by atoms with Crippen LogP contribution in [0.4, 0.5) is 4.79 Å². The smallest absolute Gasteiger partial charge is 0.314 e. The van der Waals surface area contributed by atoms with Gasteiger partial charge in [0.1, 0.15) is 12.7 Å². The zero-order valence-electron chi connectivity index (χ0n) is 7.59. The maximum atomic E-state index is 11.4. The van der Waals surface area contributed by atoms with E-state index in [-0.39, 0.29) is 0 Å². The maximum Gasteiger partial charge on any atom is 0.469 e. The molecule has 2 rings (SSSR count). The molecular formula is C7H8N6O2. The fraction of sp³-hybridized carbons (Fsp3) is 0. The number of carbonyl (C=O) groups is 1. The van der Waals surface area contributed by atoms with Crippen molar-refractivity contribution >= 4 is 6.09 Å². The summed E-state index contributed by atoms with van der Waals surface area (Å²) >= 11 is 0. The molecule has 0 unspecified atom stereocenters. The third kappa shape index (κ3) is 1.94. The largest absolute Gasteiger partial charge is 0.469 e. The summed E-state index contributed by atoms with van der Waals surface area (Å²) in [7, 11) is 0. The van der Waals surface area contributed by atoms with Gasteiger partial charge in [0.05, 0.1) is 6.20 Å². The van der Waals surface area contributed by atoms with Crippen LogP contribution < -0.4 is 15.8 Å². The molecule has 15 heavy (non-hydrogen) atoms. The van der Waals surface area contributed by atoms with E-state index in [1.54, 1.807) is 0 Å². The number of hydrogen-bond acceptors (Lipinski definition) is 5. The summed E-state index contributed by atoms with van der Waals surface area (Å²) in [6.45, 7) is 0. The monoisotopic (exact) mass is 208 g/mol. The van der Waals surface area contributed by atoms with E-state index in [1.165, 1.54) is 42.1 Å². The van der Waals surface area contributed by atoms with Gasteiger partial charge in [-0.1, -0.05) is 0 Å². The van der Waals surface area contributed by atoms with Crippen LogP contribution in [-0.4, -0.2) is 25.5 Å². The minimum atomic E-state index is -0.758. The minimum absolute atomic E-state index is 0.758. The van der Waals surface area contributed by atoms with Gasteiger partial charge < -0.3 is 4.84 Å². The lowest BCUT2D eigenvalue weighted by atomic mass is 10.9. The molecule has 2 aromatic rings. The van der Waals surface area contributed by atoms with E-state index in [2.05, 4.69) is 9.97 Å². The van der Waals surface area contributed by atoms with Gasteiger partial charge in [0.25, 0.3) is 0 Å².